The van der Waals surface area contributed by atoms with Gasteiger partial charge in [-0.05, 0) is 18.1 Å². The average Bonchev–Trinajstić information content (AvgIpc) is 3.14. The molecule has 3 heteroatoms. The van der Waals surface area contributed by atoms with E-state index in [4.69, 9.17) is 14.2 Å². The van der Waals surface area contributed by atoms with E-state index in [0.29, 0.717) is 19.3 Å². The van der Waals surface area contributed by atoms with Gasteiger partial charge in [0.05, 0.1) is 26.4 Å². The molecule has 2 saturated heterocycles. The predicted molar refractivity (Wildman–Crippen MR) is 59.4 cm³/mol. The number of aryl methyl sites for hydroxylation is 1. The molecule has 3 nitrogen and oxygen atoms in total. The summed E-state index contributed by atoms with van der Waals surface area (Å²) in [4.78, 5) is 0. The van der Waals surface area contributed by atoms with Crippen molar-refractivity contribution in [1.82, 2.24) is 0 Å². The van der Waals surface area contributed by atoms with Gasteiger partial charge in [0.25, 0.3) is 0 Å². The largest absolute Gasteiger partial charge is 0.375 e. The Morgan fingerprint density at radius 1 is 1.44 bits per heavy atom. The molecular weight excluding hydrogens is 204 g/mol. The van der Waals surface area contributed by atoms with Gasteiger partial charge in [-0.2, -0.15) is 0 Å². The number of ether oxygens (including phenoxy) is 3. The lowest BCUT2D eigenvalue weighted by Crippen LogP contribution is -2.20. The van der Waals surface area contributed by atoms with Gasteiger partial charge < -0.3 is 14.2 Å². The first-order chi connectivity index (χ1) is 7.80. The summed E-state index contributed by atoms with van der Waals surface area (Å²) in [6.45, 7) is 5.05. The average molecular weight is 220 g/mol. The number of epoxide rings is 2. The Morgan fingerprint density at radius 3 is 2.81 bits per heavy atom. The third-order valence-electron chi connectivity index (χ3n) is 3.17. The maximum atomic E-state index is 5.64. The van der Waals surface area contributed by atoms with Crippen LogP contribution in [0.5, 0.6) is 0 Å². The summed E-state index contributed by atoms with van der Waals surface area (Å²) in [7, 11) is 0. The number of rotatable bonds is 5. The van der Waals surface area contributed by atoms with Crippen molar-refractivity contribution in [2.75, 3.05) is 26.4 Å². The van der Waals surface area contributed by atoms with Crippen LogP contribution in [-0.4, -0.2) is 32.5 Å². The van der Waals surface area contributed by atoms with E-state index in [2.05, 4.69) is 25.1 Å². The first-order valence-electron chi connectivity index (χ1n) is 5.70. The molecule has 0 aromatic heterocycles. The Balaban J connectivity index is 1.65. The van der Waals surface area contributed by atoms with E-state index < -0.39 is 0 Å². The first kappa shape index (κ1) is 10.3. The molecule has 2 atom stereocenters. The molecule has 0 spiro atoms. The van der Waals surface area contributed by atoms with Crippen molar-refractivity contribution in [3.8, 4) is 0 Å². The second-order valence-corrected chi connectivity index (χ2v) is 4.57. The zero-order chi connectivity index (χ0) is 11.0. The van der Waals surface area contributed by atoms with Crippen LogP contribution in [0.15, 0.2) is 24.3 Å². The lowest BCUT2D eigenvalue weighted by molar-refractivity contribution is 0.0669. The molecule has 2 aliphatic rings. The Morgan fingerprint density at radius 2 is 2.19 bits per heavy atom. The number of hydrogen-bond donors (Lipinski definition) is 0. The standard InChI is InChI=1S/C13H16O3/c1-10-4-2-3-5-12(10)13(9-16-13)8-14-6-11-7-15-11/h2-5,11H,6-9H2,1H3. The molecule has 0 aliphatic carbocycles. The molecule has 2 fully saturated rings. The molecule has 0 radical (unpaired) electrons. The van der Waals surface area contributed by atoms with Crippen molar-refractivity contribution in [3.05, 3.63) is 35.4 Å². The van der Waals surface area contributed by atoms with E-state index >= 15 is 0 Å². The molecule has 2 heterocycles. The molecule has 0 bridgehead atoms. The molecular formula is C13H16O3. The van der Waals surface area contributed by atoms with Crippen LogP contribution in [0, 0.1) is 6.92 Å². The molecule has 0 amide bonds. The van der Waals surface area contributed by atoms with E-state index in [1.165, 1.54) is 11.1 Å². The fourth-order valence-corrected chi connectivity index (χ4v) is 2.01. The second kappa shape index (κ2) is 3.84. The predicted octanol–water partition coefficient (Wildman–Crippen LogP) is 1.64. The third-order valence-corrected chi connectivity index (χ3v) is 3.17. The van der Waals surface area contributed by atoms with E-state index in [1.54, 1.807) is 0 Å². The molecule has 0 N–H and O–H groups in total. The van der Waals surface area contributed by atoms with E-state index in [1.807, 2.05) is 6.07 Å². The van der Waals surface area contributed by atoms with Gasteiger partial charge in [0.15, 0.2) is 0 Å². The molecule has 1 aromatic carbocycles. The van der Waals surface area contributed by atoms with Crippen molar-refractivity contribution < 1.29 is 14.2 Å². The highest BCUT2D eigenvalue weighted by Gasteiger charge is 2.47. The van der Waals surface area contributed by atoms with Gasteiger partial charge in [-0.1, -0.05) is 24.3 Å². The van der Waals surface area contributed by atoms with Gasteiger partial charge >= 0.3 is 0 Å². The van der Waals surface area contributed by atoms with E-state index in [-0.39, 0.29) is 5.60 Å². The highest BCUT2D eigenvalue weighted by Crippen LogP contribution is 2.40. The Labute approximate surface area is 95.3 Å². The normalized spacial score (nSPS) is 31.4. The van der Waals surface area contributed by atoms with Crippen molar-refractivity contribution in [2.24, 2.45) is 0 Å². The molecule has 86 valence electrons. The maximum Gasteiger partial charge on any atom is 0.140 e. The Hall–Kier alpha value is -0.900. The monoisotopic (exact) mass is 220 g/mol. The highest BCUT2D eigenvalue weighted by molar-refractivity contribution is 5.34. The highest BCUT2D eigenvalue weighted by atomic mass is 16.6. The van der Waals surface area contributed by atoms with Crippen molar-refractivity contribution in [1.29, 1.82) is 0 Å². The van der Waals surface area contributed by atoms with Crippen LogP contribution in [-0.2, 0) is 19.8 Å². The fourth-order valence-electron chi connectivity index (χ4n) is 2.01. The zero-order valence-electron chi connectivity index (χ0n) is 9.44. The SMILES string of the molecule is Cc1ccccc1C1(COCC2CO2)CO1. The van der Waals surface area contributed by atoms with Crippen LogP contribution >= 0.6 is 0 Å². The molecule has 2 aliphatic heterocycles. The van der Waals surface area contributed by atoms with Gasteiger partial charge in [-0.15, -0.1) is 0 Å². The molecule has 3 rings (SSSR count). The summed E-state index contributed by atoms with van der Waals surface area (Å²) in [6.07, 6.45) is 0.327. The van der Waals surface area contributed by atoms with Crippen LogP contribution in [0.1, 0.15) is 11.1 Å². The van der Waals surface area contributed by atoms with Gasteiger partial charge in [0.1, 0.15) is 11.7 Å². The maximum absolute atomic E-state index is 5.64. The summed E-state index contributed by atoms with van der Waals surface area (Å²) in [5.74, 6) is 0. The summed E-state index contributed by atoms with van der Waals surface area (Å²) in [5, 5.41) is 0. The van der Waals surface area contributed by atoms with E-state index in [0.717, 1.165) is 13.2 Å². The summed E-state index contributed by atoms with van der Waals surface area (Å²) in [5.41, 5.74) is 2.35. The summed E-state index contributed by atoms with van der Waals surface area (Å²) < 4.78 is 16.4. The third kappa shape index (κ3) is 1.98. The fraction of sp³-hybridized carbons (Fsp3) is 0.538. The van der Waals surface area contributed by atoms with Crippen LogP contribution in [0.4, 0.5) is 0 Å². The van der Waals surface area contributed by atoms with Gasteiger partial charge in [-0.25, -0.2) is 0 Å². The Bertz CT molecular complexity index is 381. The smallest absolute Gasteiger partial charge is 0.140 e. The first-order valence-corrected chi connectivity index (χ1v) is 5.70. The minimum atomic E-state index is -0.180. The van der Waals surface area contributed by atoms with E-state index in [9.17, 15) is 0 Å². The topological polar surface area (TPSA) is 34.3 Å². The van der Waals surface area contributed by atoms with Crippen LogP contribution in [0.2, 0.25) is 0 Å². The number of hydrogen-bond acceptors (Lipinski definition) is 3. The van der Waals surface area contributed by atoms with Gasteiger partial charge in [0, 0.05) is 0 Å². The lowest BCUT2D eigenvalue weighted by Gasteiger charge is -2.14. The quantitative estimate of drug-likeness (QED) is 0.707. The van der Waals surface area contributed by atoms with Gasteiger partial charge in [-0.3, -0.25) is 0 Å². The number of benzene rings is 1. The molecule has 2 unspecified atom stereocenters. The van der Waals surface area contributed by atoms with Crippen molar-refractivity contribution in [2.45, 2.75) is 18.6 Å². The van der Waals surface area contributed by atoms with Crippen LogP contribution in [0.3, 0.4) is 0 Å². The molecule has 1 aromatic rings. The van der Waals surface area contributed by atoms with Gasteiger partial charge in [0.2, 0.25) is 0 Å². The molecule has 16 heavy (non-hydrogen) atoms. The minimum Gasteiger partial charge on any atom is -0.375 e. The van der Waals surface area contributed by atoms with Crippen molar-refractivity contribution >= 4 is 0 Å². The van der Waals surface area contributed by atoms with Crippen LogP contribution < -0.4 is 0 Å². The lowest BCUT2D eigenvalue weighted by atomic mass is 9.96. The minimum absolute atomic E-state index is 0.180. The molecule has 0 saturated carbocycles. The van der Waals surface area contributed by atoms with Crippen molar-refractivity contribution in [3.63, 3.8) is 0 Å². The summed E-state index contributed by atoms with van der Waals surface area (Å²) >= 11 is 0. The second-order valence-electron chi connectivity index (χ2n) is 4.57. The zero-order valence-corrected chi connectivity index (χ0v) is 9.44. The Kier molecular flexibility index (Phi) is 2.46. The summed E-state index contributed by atoms with van der Waals surface area (Å²) in [6, 6.07) is 8.34. The van der Waals surface area contributed by atoms with Crippen LogP contribution in [0.25, 0.3) is 0 Å².